The Balaban J connectivity index is 2.24. The van der Waals surface area contributed by atoms with Crippen molar-refractivity contribution in [3.05, 3.63) is 29.6 Å². The minimum atomic E-state index is -1.01. The molecule has 0 bridgehead atoms. The SMILES string of the molecule is COc1ccc(F)cc1C(=O)NC1(CC(=O)O)CCOCC1. The minimum absolute atomic E-state index is 0.0405. The van der Waals surface area contributed by atoms with Crippen LogP contribution in [0.4, 0.5) is 4.39 Å². The van der Waals surface area contributed by atoms with Crippen molar-refractivity contribution >= 4 is 11.9 Å². The Kier molecular flexibility index (Phi) is 4.97. The molecule has 1 aliphatic heterocycles. The molecule has 1 aliphatic rings. The summed E-state index contributed by atoms with van der Waals surface area (Å²) >= 11 is 0. The summed E-state index contributed by atoms with van der Waals surface area (Å²) in [5.74, 6) is -1.89. The van der Waals surface area contributed by atoms with E-state index in [0.717, 1.165) is 6.07 Å². The Bertz CT molecular complexity index is 569. The monoisotopic (exact) mass is 311 g/mol. The van der Waals surface area contributed by atoms with Crippen molar-refractivity contribution in [1.82, 2.24) is 5.32 Å². The molecule has 0 atom stereocenters. The first-order chi connectivity index (χ1) is 10.5. The second-order valence-corrected chi connectivity index (χ2v) is 5.26. The van der Waals surface area contributed by atoms with Crippen LogP contribution in [0.3, 0.4) is 0 Å². The van der Waals surface area contributed by atoms with Crippen molar-refractivity contribution in [3.63, 3.8) is 0 Å². The number of carboxylic acids is 1. The van der Waals surface area contributed by atoms with Crippen LogP contribution in [0.2, 0.25) is 0 Å². The van der Waals surface area contributed by atoms with Gasteiger partial charge < -0.3 is 19.9 Å². The zero-order chi connectivity index (χ0) is 16.2. The molecule has 120 valence electrons. The Hall–Kier alpha value is -2.15. The first kappa shape index (κ1) is 16.2. The van der Waals surface area contributed by atoms with E-state index in [9.17, 15) is 14.0 Å². The number of carboxylic acid groups (broad SMARTS) is 1. The summed E-state index contributed by atoms with van der Waals surface area (Å²) < 4.78 is 23.7. The van der Waals surface area contributed by atoms with Gasteiger partial charge in [-0.05, 0) is 31.0 Å². The maximum Gasteiger partial charge on any atom is 0.305 e. The van der Waals surface area contributed by atoms with Gasteiger partial charge in [0.25, 0.3) is 5.91 Å². The van der Waals surface area contributed by atoms with Gasteiger partial charge in [-0.2, -0.15) is 0 Å². The van der Waals surface area contributed by atoms with Crippen molar-refractivity contribution in [2.75, 3.05) is 20.3 Å². The van der Waals surface area contributed by atoms with Crippen LogP contribution < -0.4 is 10.1 Å². The lowest BCUT2D eigenvalue weighted by Crippen LogP contribution is -2.53. The Morgan fingerprint density at radius 3 is 2.68 bits per heavy atom. The Morgan fingerprint density at radius 2 is 2.09 bits per heavy atom. The van der Waals surface area contributed by atoms with Gasteiger partial charge in [0.2, 0.25) is 0 Å². The smallest absolute Gasteiger partial charge is 0.305 e. The molecule has 1 aromatic carbocycles. The number of amides is 1. The van der Waals surface area contributed by atoms with E-state index in [-0.39, 0.29) is 17.7 Å². The molecule has 0 aromatic heterocycles. The second kappa shape index (κ2) is 6.74. The molecule has 2 N–H and O–H groups in total. The van der Waals surface area contributed by atoms with Crippen LogP contribution in [0.1, 0.15) is 29.6 Å². The number of aliphatic carboxylic acids is 1. The van der Waals surface area contributed by atoms with Gasteiger partial charge in [0.15, 0.2) is 0 Å². The summed E-state index contributed by atoms with van der Waals surface area (Å²) in [6.07, 6.45) is 0.574. The fraction of sp³-hybridized carbons (Fsp3) is 0.467. The van der Waals surface area contributed by atoms with Crippen LogP contribution in [0.25, 0.3) is 0 Å². The predicted molar refractivity (Wildman–Crippen MR) is 75.5 cm³/mol. The Morgan fingerprint density at radius 1 is 1.41 bits per heavy atom. The molecule has 0 saturated carbocycles. The van der Waals surface area contributed by atoms with E-state index in [1.54, 1.807) is 0 Å². The van der Waals surface area contributed by atoms with Gasteiger partial charge in [0.05, 0.1) is 24.6 Å². The van der Waals surface area contributed by atoms with Crippen molar-refractivity contribution < 1.29 is 28.6 Å². The third-order valence-corrected chi connectivity index (χ3v) is 3.72. The molecule has 1 fully saturated rings. The van der Waals surface area contributed by atoms with Crippen LogP contribution in [0.5, 0.6) is 5.75 Å². The highest BCUT2D eigenvalue weighted by atomic mass is 19.1. The molecule has 1 heterocycles. The number of carbonyl (C=O) groups excluding carboxylic acids is 1. The third-order valence-electron chi connectivity index (χ3n) is 3.72. The first-order valence-electron chi connectivity index (χ1n) is 6.91. The van der Waals surface area contributed by atoms with Gasteiger partial charge in [0, 0.05) is 13.2 Å². The standard InChI is InChI=1S/C15H18FNO5/c1-21-12-3-2-10(16)8-11(12)14(20)17-15(9-13(18)19)4-6-22-7-5-15/h2-3,8H,4-7,9H2,1H3,(H,17,20)(H,18,19). The number of benzene rings is 1. The van der Waals surface area contributed by atoms with E-state index in [2.05, 4.69) is 5.32 Å². The quantitative estimate of drug-likeness (QED) is 0.862. The van der Waals surface area contributed by atoms with Crippen molar-refractivity contribution in [2.45, 2.75) is 24.8 Å². The summed E-state index contributed by atoms with van der Waals surface area (Å²) in [5.41, 5.74) is -0.850. The fourth-order valence-electron chi connectivity index (χ4n) is 2.56. The molecule has 1 saturated heterocycles. The summed E-state index contributed by atoms with van der Waals surface area (Å²) in [6.45, 7) is 0.738. The molecule has 22 heavy (non-hydrogen) atoms. The zero-order valence-electron chi connectivity index (χ0n) is 12.2. The van der Waals surface area contributed by atoms with E-state index >= 15 is 0 Å². The number of hydrogen-bond acceptors (Lipinski definition) is 4. The zero-order valence-corrected chi connectivity index (χ0v) is 12.2. The minimum Gasteiger partial charge on any atom is -0.496 e. The Labute approximate surface area is 127 Å². The molecular weight excluding hydrogens is 293 g/mol. The van der Waals surface area contributed by atoms with E-state index in [1.165, 1.54) is 19.2 Å². The normalized spacial score (nSPS) is 16.8. The average Bonchev–Trinajstić information content (AvgIpc) is 2.47. The van der Waals surface area contributed by atoms with E-state index in [1.807, 2.05) is 0 Å². The highest BCUT2D eigenvalue weighted by Gasteiger charge is 2.37. The first-order valence-corrected chi connectivity index (χ1v) is 6.91. The van der Waals surface area contributed by atoms with Gasteiger partial charge in [0.1, 0.15) is 11.6 Å². The van der Waals surface area contributed by atoms with Crippen molar-refractivity contribution in [2.24, 2.45) is 0 Å². The number of nitrogens with one attached hydrogen (secondary N) is 1. The van der Waals surface area contributed by atoms with Crippen LogP contribution in [-0.2, 0) is 9.53 Å². The second-order valence-electron chi connectivity index (χ2n) is 5.26. The predicted octanol–water partition coefficient (Wildman–Crippen LogP) is 1.59. The van der Waals surface area contributed by atoms with Crippen LogP contribution in [-0.4, -0.2) is 42.8 Å². The third kappa shape index (κ3) is 3.73. The molecule has 0 unspecified atom stereocenters. The number of halogens is 1. The molecule has 1 amide bonds. The van der Waals surface area contributed by atoms with Crippen LogP contribution in [0, 0.1) is 5.82 Å². The maximum atomic E-state index is 13.4. The lowest BCUT2D eigenvalue weighted by Gasteiger charge is -2.36. The number of carbonyl (C=O) groups is 2. The molecule has 0 spiro atoms. The van der Waals surface area contributed by atoms with Crippen molar-refractivity contribution in [1.29, 1.82) is 0 Å². The summed E-state index contributed by atoms with van der Waals surface area (Å²) in [4.78, 5) is 23.5. The van der Waals surface area contributed by atoms with E-state index in [4.69, 9.17) is 14.6 Å². The largest absolute Gasteiger partial charge is 0.496 e. The number of ether oxygens (including phenoxy) is 2. The highest BCUT2D eigenvalue weighted by Crippen LogP contribution is 2.27. The van der Waals surface area contributed by atoms with Gasteiger partial charge in [-0.3, -0.25) is 9.59 Å². The van der Waals surface area contributed by atoms with Gasteiger partial charge >= 0.3 is 5.97 Å². The van der Waals surface area contributed by atoms with Crippen LogP contribution in [0.15, 0.2) is 18.2 Å². The molecule has 1 aromatic rings. The molecule has 0 radical (unpaired) electrons. The van der Waals surface area contributed by atoms with Crippen molar-refractivity contribution in [3.8, 4) is 5.75 Å². The maximum absolute atomic E-state index is 13.4. The number of methoxy groups -OCH3 is 1. The lowest BCUT2D eigenvalue weighted by atomic mass is 9.86. The molecule has 6 nitrogen and oxygen atoms in total. The topological polar surface area (TPSA) is 84.9 Å². The highest BCUT2D eigenvalue weighted by molar-refractivity contribution is 5.97. The van der Waals surface area contributed by atoms with Gasteiger partial charge in [-0.25, -0.2) is 4.39 Å². The molecule has 2 rings (SSSR count). The molecule has 7 heteroatoms. The lowest BCUT2D eigenvalue weighted by molar-refractivity contribution is -0.139. The van der Waals surface area contributed by atoms with E-state index in [0.29, 0.717) is 26.1 Å². The molecule has 0 aliphatic carbocycles. The fourth-order valence-corrected chi connectivity index (χ4v) is 2.56. The van der Waals surface area contributed by atoms with E-state index < -0.39 is 23.2 Å². The number of rotatable bonds is 5. The van der Waals surface area contributed by atoms with Crippen LogP contribution >= 0.6 is 0 Å². The average molecular weight is 311 g/mol. The summed E-state index contributed by atoms with van der Waals surface area (Å²) in [7, 11) is 1.38. The number of hydrogen-bond donors (Lipinski definition) is 2. The molecular formula is C15H18FNO5. The van der Waals surface area contributed by atoms with Gasteiger partial charge in [-0.15, -0.1) is 0 Å². The summed E-state index contributed by atoms with van der Waals surface area (Å²) in [6, 6.07) is 3.62. The van der Waals surface area contributed by atoms with Gasteiger partial charge in [-0.1, -0.05) is 0 Å². The summed E-state index contributed by atoms with van der Waals surface area (Å²) in [5, 5.41) is 11.8.